The Morgan fingerprint density at radius 1 is 1.38 bits per heavy atom. The van der Waals surface area contributed by atoms with Gasteiger partial charge in [-0.3, -0.25) is 0 Å². The Morgan fingerprint density at radius 3 is 2.81 bits per heavy atom. The molecular weight excluding hydrogens is 225 g/mol. The summed E-state index contributed by atoms with van der Waals surface area (Å²) in [7, 11) is 1.55. The van der Waals surface area contributed by atoms with E-state index in [1.807, 2.05) is 17.5 Å². The maximum absolute atomic E-state index is 13.6. The fourth-order valence-electron chi connectivity index (χ4n) is 1.51. The molecule has 0 unspecified atom stereocenters. The molecule has 0 radical (unpaired) electrons. The Morgan fingerprint density at radius 2 is 2.19 bits per heavy atom. The van der Waals surface area contributed by atoms with Crippen molar-refractivity contribution in [3.8, 4) is 5.75 Å². The minimum atomic E-state index is -0.435. The van der Waals surface area contributed by atoms with Crippen LogP contribution in [0.2, 0.25) is 0 Å². The van der Waals surface area contributed by atoms with Crippen molar-refractivity contribution >= 4 is 11.3 Å². The summed E-state index contributed by atoms with van der Waals surface area (Å²) in [5.41, 5.74) is 6.46. The van der Waals surface area contributed by atoms with E-state index in [-0.39, 0.29) is 5.82 Å². The number of ether oxygens (including phenoxy) is 1. The Hall–Kier alpha value is -1.39. The van der Waals surface area contributed by atoms with Crippen molar-refractivity contribution in [2.75, 3.05) is 7.11 Å². The van der Waals surface area contributed by atoms with Crippen LogP contribution >= 0.6 is 11.3 Å². The number of rotatable bonds is 3. The smallest absolute Gasteiger partial charge is 0.128 e. The number of halogens is 1. The lowest BCUT2D eigenvalue weighted by molar-refractivity contribution is 0.412. The van der Waals surface area contributed by atoms with Crippen LogP contribution < -0.4 is 10.5 Å². The molecule has 1 atom stereocenters. The van der Waals surface area contributed by atoms with E-state index in [1.165, 1.54) is 17.4 Å². The molecule has 2 nitrogen and oxygen atoms in total. The van der Waals surface area contributed by atoms with Gasteiger partial charge in [0.2, 0.25) is 0 Å². The molecule has 0 aliphatic heterocycles. The third-order valence-corrected chi connectivity index (χ3v) is 3.34. The Balaban J connectivity index is 2.39. The van der Waals surface area contributed by atoms with Gasteiger partial charge in [-0.2, -0.15) is 0 Å². The van der Waals surface area contributed by atoms with Crippen molar-refractivity contribution in [3.05, 3.63) is 52.0 Å². The molecule has 2 N–H and O–H groups in total. The molecule has 0 aliphatic rings. The molecule has 0 aliphatic carbocycles. The SMILES string of the molecule is COc1ccc(F)c([C@H](N)c2cccs2)c1. The van der Waals surface area contributed by atoms with Gasteiger partial charge in [0.05, 0.1) is 13.2 Å². The fraction of sp³-hybridized carbons (Fsp3) is 0.167. The molecule has 84 valence electrons. The predicted molar refractivity (Wildman–Crippen MR) is 63.3 cm³/mol. The van der Waals surface area contributed by atoms with E-state index in [0.717, 1.165) is 4.88 Å². The molecule has 2 rings (SSSR count). The predicted octanol–water partition coefficient (Wildman–Crippen LogP) is 2.94. The lowest BCUT2D eigenvalue weighted by Crippen LogP contribution is -2.12. The van der Waals surface area contributed by atoms with Crippen LogP contribution in [0.25, 0.3) is 0 Å². The monoisotopic (exact) mass is 237 g/mol. The summed E-state index contributed by atoms with van der Waals surface area (Å²) in [5, 5.41) is 1.92. The maximum Gasteiger partial charge on any atom is 0.128 e. The minimum absolute atomic E-state index is 0.304. The van der Waals surface area contributed by atoms with Gasteiger partial charge in [0.25, 0.3) is 0 Å². The first kappa shape index (κ1) is 11.1. The number of methoxy groups -OCH3 is 1. The average Bonchev–Trinajstić information content (AvgIpc) is 2.82. The Bertz CT molecular complexity index is 470. The van der Waals surface area contributed by atoms with E-state index < -0.39 is 6.04 Å². The van der Waals surface area contributed by atoms with Crippen LogP contribution in [0, 0.1) is 5.82 Å². The highest BCUT2D eigenvalue weighted by Crippen LogP contribution is 2.28. The van der Waals surface area contributed by atoms with Gasteiger partial charge in [-0.15, -0.1) is 11.3 Å². The zero-order chi connectivity index (χ0) is 11.5. The molecule has 0 fully saturated rings. The molecule has 1 aromatic carbocycles. The van der Waals surface area contributed by atoms with E-state index >= 15 is 0 Å². The topological polar surface area (TPSA) is 35.2 Å². The van der Waals surface area contributed by atoms with E-state index in [1.54, 1.807) is 19.2 Å². The van der Waals surface area contributed by atoms with E-state index in [9.17, 15) is 4.39 Å². The molecule has 4 heteroatoms. The third-order valence-electron chi connectivity index (χ3n) is 2.39. The van der Waals surface area contributed by atoms with Crippen LogP contribution in [0.5, 0.6) is 5.75 Å². The van der Waals surface area contributed by atoms with Crippen molar-refractivity contribution in [1.82, 2.24) is 0 Å². The second-order valence-corrected chi connectivity index (χ2v) is 4.36. The molecule has 2 aromatic rings. The normalized spacial score (nSPS) is 12.4. The number of nitrogens with two attached hydrogens (primary N) is 1. The van der Waals surface area contributed by atoms with Gasteiger partial charge in [0.1, 0.15) is 11.6 Å². The van der Waals surface area contributed by atoms with Gasteiger partial charge < -0.3 is 10.5 Å². The maximum atomic E-state index is 13.6. The molecule has 0 bridgehead atoms. The summed E-state index contributed by atoms with van der Waals surface area (Å²) in [4.78, 5) is 0.937. The van der Waals surface area contributed by atoms with E-state index in [4.69, 9.17) is 10.5 Å². The first-order valence-corrected chi connectivity index (χ1v) is 5.72. The van der Waals surface area contributed by atoms with E-state index in [2.05, 4.69) is 0 Å². The molecule has 0 amide bonds. The Labute approximate surface area is 97.5 Å². The van der Waals surface area contributed by atoms with Gasteiger partial charge in [0, 0.05) is 10.4 Å². The molecule has 0 saturated carbocycles. The van der Waals surface area contributed by atoms with Crippen molar-refractivity contribution in [2.24, 2.45) is 5.73 Å². The average molecular weight is 237 g/mol. The number of hydrogen-bond acceptors (Lipinski definition) is 3. The van der Waals surface area contributed by atoms with Gasteiger partial charge in [0.15, 0.2) is 0 Å². The minimum Gasteiger partial charge on any atom is -0.497 e. The summed E-state index contributed by atoms with van der Waals surface area (Å²) >= 11 is 1.52. The van der Waals surface area contributed by atoms with E-state index in [0.29, 0.717) is 11.3 Å². The summed E-state index contributed by atoms with van der Waals surface area (Å²) in [6.45, 7) is 0. The lowest BCUT2D eigenvalue weighted by atomic mass is 10.1. The van der Waals surface area contributed by atoms with Crippen molar-refractivity contribution in [1.29, 1.82) is 0 Å². The second-order valence-electron chi connectivity index (χ2n) is 3.38. The highest BCUT2D eigenvalue weighted by molar-refractivity contribution is 7.10. The van der Waals surface area contributed by atoms with Gasteiger partial charge in [-0.1, -0.05) is 6.07 Å². The van der Waals surface area contributed by atoms with Crippen LogP contribution in [0.15, 0.2) is 35.7 Å². The van der Waals surface area contributed by atoms with Crippen LogP contribution in [-0.4, -0.2) is 7.11 Å². The molecule has 16 heavy (non-hydrogen) atoms. The quantitative estimate of drug-likeness (QED) is 0.890. The van der Waals surface area contributed by atoms with Crippen LogP contribution in [-0.2, 0) is 0 Å². The third kappa shape index (κ3) is 2.08. The van der Waals surface area contributed by atoms with Crippen LogP contribution in [0.1, 0.15) is 16.5 Å². The fourth-order valence-corrected chi connectivity index (χ4v) is 2.25. The molecule has 0 spiro atoms. The van der Waals surface area contributed by atoms with Crippen molar-refractivity contribution < 1.29 is 9.13 Å². The molecule has 0 saturated heterocycles. The van der Waals surface area contributed by atoms with Crippen LogP contribution in [0.3, 0.4) is 0 Å². The number of hydrogen-bond donors (Lipinski definition) is 1. The summed E-state index contributed by atoms with van der Waals surface area (Å²) in [6.07, 6.45) is 0. The van der Waals surface area contributed by atoms with Gasteiger partial charge in [-0.05, 0) is 29.6 Å². The Kier molecular flexibility index (Phi) is 3.22. The summed E-state index contributed by atoms with van der Waals surface area (Å²) in [5.74, 6) is 0.310. The number of thiophene rings is 1. The summed E-state index contributed by atoms with van der Waals surface area (Å²) < 4.78 is 18.7. The summed E-state index contributed by atoms with van der Waals surface area (Å²) in [6, 6.07) is 7.96. The zero-order valence-corrected chi connectivity index (χ0v) is 9.63. The molecule has 1 aromatic heterocycles. The standard InChI is InChI=1S/C12H12FNOS/c1-15-8-4-5-10(13)9(7-8)12(14)11-3-2-6-16-11/h2-7,12H,14H2,1H3/t12-/m0/s1. The van der Waals surface area contributed by atoms with Crippen molar-refractivity contribution in [3.63, 3.8) is 0 Å². The van der Waals surface area contributed by atoms with Gasteiger partial charge in [-0.25, -0.2) is 4.39 Å². The highest BCUT2D eigenvalue weighted by atomic mass is 32.1. The van der Waals surface area contributed by atoms with Crippen LogP contribution in [0.4, 0.5) is 4.39 Å². The number of benzene rings is 1. The highest BCUT2D eigenvalue weighted by Gasteiger charge is 2.15. The van der Waals surface area contributed by atoms with Gasteiger partial charge >= 0.3 is 0 Å². The second kappa shape index (κ2) is 4.63. The largest absolute Gasteiger partial charge is 0.497 e. The lowest BCUT2D eigenvalue weighted by Gasteiger charge is -2.12. The molecular formula is C12H12FNOS. The van der Waals surface area contributed by atoms with Crippen molar-refractivity contribution in [2.45, 2.75) is 6.04 Å². The first-order valence-electron chi connectivity index (χ1n) is 4.85. The molecule has 1 heterocycles. The zero-order valence-electron chi connectivity index (χ0n) is 8.81. The first-order chi connectivity index (χ1) is 7.72.